The number of allylic oxidation sites excluding steroid dienone is 36. The van der Waals surface area contributed by atoms with E-state index in [2.05, 4.69) is 264 Å². The molecule has 16 rings (SSSR count). The van der Waals surface area contributed by atoms with Crippen molar-refractivity contribution in [2.75, 3.05) is 0 Å². The summed E-state index contributed by atoms with van der Waals surface area (Å²) in [6, 6.07) is 37.9. The average molecular weight is 1250 g/mol. The monoisotopic (exact) mass is 1240 g/mol. The van der Waals surface area contributed by atoms with Gasteiger partial charge in [0, 0.05) is 17.8 Å². The third-order valence-corrected chi connectivity index (χ3v) is 23.7. The van der Waals surface area contributed by atoms with Crippen molar-refractivity contribution in [3.05, 3.63) is 354 Å². The van der Waals surface area contributed by atoms with Crippen molar-refractivity contribution in [1.29, 1.82) is 0 Å². The van der Waals surface area contributed by atoms with E-state index in [1.165, 1.54) is 223 Å². The van der Waals surface area contributed by atoms with Gasteiger partial charge in [-0.15, -0.1) is 0 Å². The summed E-state index contributed by atoms with van der Waals surface area (Å²) in [7, 11) is 0. The minimum atomic E-state index is 0.421. The van der Waals surface area contributed by atoms with Crippen LogP contribution in [0.25, 0.3) is 0 Å². The molecule has 3 unspecified atom stereocenters. The lowest BCUT2D eigenvalue weighted by Crippen LogP contribution is -2.13. The molecule has 12 aliphatic carbocycles. The van der Waals surface area contributed by atoms with Crippen molar-refractivity contribution < 1.29 is 0 Å². The summed E-state index contributed by atoms with van der Waals surface area (Å²) in [5, 5.41) is 0. The van der Waals surface area contributed by atoms with Gasteiger partial charge in [0.05, 0.1) is 0 Å². The second-order valence-corrected chi connectivity index (χ2v) is 29.9. The zero-order valence-corrected chi connectivity index (χ0v) is 57.6. The summed E-state index contributed by atoms with van der Waals surface area (Å²) < 4.78 is 0. The first-order valence-electron chi connectivity index (χ1n) is 37.7. The highest BCUT2D eigenvalue weighted by Gasteiger charge is 2.43. The molecular weight excluding hydrogens is 1140 g/mol. The van der Waals surface area contributed by atoms with Crippen LogP contribution in [-0.4, -0.2) is 0 Å². The largest absolute Gasteiger partial charge is 0.0836 e. The van der Waals surface area contributed by atoms with E-state index >= 15 is 0 Å². The summed E-state index contributed by atoms with van der Waals surface area (Å²) in [6.45, 7) is 6.85. The zero-order chi connectivity index (χ0) is 64.3. The van der Waals surface area contributed by atoms with Crippen LogP contribution in [0.1, 0.15) is 199 Å². The molecule has 0 saturated heterocycles. The Labute approximate surface area is 572 Å². The minimum absolute atomic E-state index is 0.421. The van der Waals surface area contributed by atoms with Crippen LogP contribution in [0.2, 0.25) is 0 Å². The number of aryl methyl sites for hydroxylation is 2. The van der Waals surface area contributed by atoms with Gasteiger partial charge < -0.3 is 0 Å². The Morgan fingerprint density at radius 2 is 0.768 bits per heavy atom. The van der Waals surface area contributed by atoms with E-state index in [1.807, 2.05) is 0 Å². The molecule has 3 atom stereocenters. The van der Waals surface area contributed by atoms with E-state index in [0.717, 1.165) is 49.4 Å². The first-order valence-corrected chi connectivity index (χ1v) is 37.7. The molecule has 12 aliphatic rings. The molecule has 0 heterocycles. The fraction of sp³-hybridized carbons (Fsp3) is 0.368. The lowest BCUT2D eigenvalue weighted by atomic mass is 9.76. The van der Waals surface area contributed by atoms with Crippen LogP contribution in [0, 0.1) is 36.5 Å². The fourth-order valence-electron chi connectivity index (χ4n) is 17.7. The van der Waals surface area contributed by atoms with Gasteiger partial charge in [0.25, 0.3) is 0 Å². The Balaban J connectivity index is 0.000000123. The third-order valence-electron chi connectivity index (χ3n) is 23.7. The van der Waals surface area contributed by atoms with E-state index in [4.69, 9.17) is 0 Å². The highest BCUT2D eigenvalue weighted by atomic mass is 14.5. The molecule has 484 valence electrons. The maximum Gasteiger partial charge on any atom is 0.0281 e. The number of benzene rings is 4. The van der Waals surface area contributed by atoms with Gasteiger partial charge >= 0.3 is 0 Å². The number of hydrogen-bond acceptors (Lipinski definition) is 0. The Morgan fingerprint density at radius 1 is 0.379 bits per heavy atom. The van der Waals surface area contributed by atoms with Crippen molar-refractivity contribution in [2.45, 2.75) is 192 Å². The summed E-state index contributed by atoms with van der Waals surface area (Å²) >= 11 is 0. The molecule has 0 bridgehead atoms. The molecule has 4 aromatic rings. The highest BCUT2D eigenvalue weighted by Crippen LogP contribution is 2.52. The highest BCUT2D eigenvalue weighted by molar-refractivity contribution is 5.63. The Hall–Kier alpha value is -7.80. The molecule has 0 radical (unpaired) electrons. The van der Waals surface area contributed by atoms with Crippen LogP contribution in [0.4, 0.5) is 0 Å². The molecule has 4 aromatic carbocycles. The number of rotatable bonds is 18. The van der Waals surface area contributed by atoms with Gasteiger partial charge in [-0.25, -0.2) is 0 Å². The third kappa shape index (κ3) is 15.4. The Morgan fingerprint density at radius 3 is 1.14 bits per heavy atom. The van der Waals surface area contributed by atoms with Crippen molar-refractivity contribution in [2.24, 2.45) is 29.6 Å². The van der Waals surface area contributed by atoms with Crippen LogP contribution in [0.15, 0.2) is 310 Å². The minimum Gasteiger partial charge on any atom is -0.0836 e. The molecular formula is C95H104. The Bertz CT molecular complexity index is 4000. The van der Waals surface area contributed by atoms with E-state index in [1.54, 1.807) is 16.7 Å². The van der Waals surface area contributed by atoms with E-state index in [0.29, 0.717) is 23.2 Å². The standard InChI is InChI=1S/C34H34.C31H36.C30H34/c1-25-10-17-30(18-11-25)34(22-23-34)21-20-26-12-14-27(15-13-26)24-29-16-19-32(28-6-3-2-4-7-28)33-9-5-8-31(29)33;1-2-7-23-12-16-25(17-13-23)26-18-14-24(15-19-26)22-28-20-21-30(27-8-4-3-5-9-27)31-11-6-10-29(28)31;1-2-22-11-15-24(16-12-22)25-17-13-23(14-18-25)21-27-19-20-29(26-7-4-3-5-8-26)30-10-6-9-28(27)30/h3,5-19,33H,2,4,20-24H2,1H3;4,6,8-11,14-15,18-21,23,25,31H,2-3,5,7,12-13,16-17,22H2,1H3;4,6-10,13-14,17-20,22,24,30H,2-3,5,11-12,15-16,21H2,1H3. The normalized spacial score (nSPS) is 25.6. The SMILES string of the molecule is CCC1CCC(c2ccc(CC3=CC=C(C4=CCCC=C4)C4C=CC=C34)cc2)CC1.CCCC1CCC(c2ccc(CC3=CC=C(C4=CCCC=C4)C4C=CC=C34)cc2)CC1.Cc1ccc(C2(CCc3ccc(CC4=CC=C(C5=CCCC=C5)C5C=CC=C45)cc3)CC2)cc1. The van der Waals surface area contributed by atoms with Crippen LogP contribution in [0.5, 0.6) is 0 Å². The second-order valence-electron chi connectivity index (χ2n) is 29.9. The Kier molecular flexibility index (Phi) is 20.7. The van der Waals surface area contributed by atoms with Gasteiger partial charge in [0.2, 0.25) is 0 Å². The molecule has 0 heteroatoms. The van der Waals surface area contributed by atoms with Crippen molar-refractivity contribution >= 4 is 0 Å². The molecule has 95 heavy (non-hydrogen) atoms. The lowest BCUT2D eigenvalue weighted by Gasteiger charge is -2.29. The van der Waals surface area contributed by atoms with Gasteiger partial charge in [0.1, 0.15) is 0 Å². The van der Waals surface area contributed by atoms with Crippen LogP contribution >= 0.6 is 0 Å². The van der Waals surface area contributed by atoms with Crippen molar-refractivity contribution in [3.8, 4) is 0 Å². The van der Waals surface area contributed by atoms with Gasteiger partial charge in [-0.05, 0) is 277 Å². The predicted molar refractivity (Wildman–Crippen MR) is 405 cm³/mol. The summed E-state index contributed by atoms with van der Waals surface area (Å²) in [6.07, 6.45) is 86.7. The zero-order valence-electron chi connectivity index (χ0n) is 57.6. The molecule has 0 amide bonds. The molecule has 0 spiro atoms. The van der Waals surface area contributed by atoms with Gasteiger partial charge in [-0.3, -0.25) is 0 Å². The van der Waals surface area contributed by atoms with Gasteiger partial charge in [0.15, 0.2) is 0 Å². The van der Waals surface area contributed by atoms with Gasteiger partial charge in [-0.2, -0.15) is 0 Å². The summed E-state index contributed by atoms with van der Waals surface area (Å²) in [5.74, 6) is 4.81. The maximum absolute atomic E-state index is 2.42. The first-order chi connectivity index (χ1) is 46.8. The van der Waals surface area contributed by atoms with Crippen LogP contribution in [-0.2, 0) is 31.1 Å². The topological polar surface area (TPSA) is 0 Å². The summed E-state index contributed by atoms with van der Waals surface area (Å²) in [4.78, 5) is 0. The van der Waals surface area contributed by atoms with Crippen LogP contribution in [0.3, 0.4) is 0 Å². The molecule has 3 saturated carbocycles. The van der Waals surface area contributed by atoms with Crippen molar-refractivity contribution in [3.63, 3.8) is 0 Å². The predicted octanol–water partition coefficient (Wildman–Crippen LogP) is 25.2. The first kappa shape index (κ1) is 64.5. The molecule has 0 N–H and O–H groups in total. The van der Waals surface area contributed by atoms with E-state index < -0.39 is 0 Å². The van der Waals surface area contributed by atoms with E-state index in [-0.39, 0.29) is 0 Å². The molecule has 0 nitrogen and oxygen atoms in total. The number of fused-ring (bicyclic) bond motifs is 3. The van der Waals surface area contributed by atoms with Crippen molar-refractivity contribution in [1.82, 2.24) is 0 Å². The second kappa shape index (κ2) is 30.5. The van der Waals surface area contributed by atoms with E-state index in [9.17, 15) is 0 Å². The van der Waals surface area contributed by atoms with Crippen LogP contribution < -0.4 is 0 Å². The molecule has 0 aromatic heterocycles. The van der Waals surface area contributed by atoms with Gasteiger partial charge in [-0.1, -0.05) is 282 Å². The summed E-state index contributed by atoms with van der Waals surface area (Å²) in [5.41, 5.74) is 29.7. The fourth-order valence-corrected chi connectivity index (χ4v) is 17.7. The molecule has 3 fully saturated rings. The average Bonchev–Trinajstić information content (AvgIpc) is 1.68. The smallest absolute Gasteiger partial charge is 0.0281 e. The number of hydrogen-bond donors (Lipinski definition) is 0. The maximum atomic E-state index is 2.42. The lowest BCUT2D eigenvalue weighted by molar-refractivity contribution is 0.308. The quantitative estimate of drug-likeness (QED) is 0.0931. The molecule has 0 aliphatic heterocycles.